The normalized spacial score (nSPS) is 17.1. The summed E-state index contributed by atoms with van der Waals surface area (Å²) >= 11 is 0. The number of aromatic amines is 3. The fourth-order valence-corrected chi connectivity index (χ4v) is 6.74. The Bertz CT molecular complexity index is 2430. The molecular weight excluding hydrogens is 480 g/mol. The summed E-state index contributed by atoms with van der Waals surface area (Å²) in [7, 11) is 0. The number of fused-ring (bicyclic) bond motifs is 9. The number of hydrogen-bond acceptors (Lipinski definition) is 3. The molecule has 1 aliphatic carbocycles. The largest absolute Gasteiger partial charge is 0.374 e. The zero-order valence-electron chi connectivity index (χ0n) is 20.6. The van der Waals surface area contributed by atoms with Crippen LogP contribution >= 0.6 is 0 Å². The molecule has 7 heterocycles. The van der Waals surface area contributed by atoms with Gasteiger partial charge in [0.2, 0.25) is 0 Å². The van der Waals surface area contributed by atoms with Gasteiger partial charge in [0.05, 0.1) is 34.0 Å². The number of hydrogen-bond donors (Lipinski definition) is 4. The molecule has 2 aliphatic heterocycles. The van der Waals surface area contributed by atoms with Crippen molar-refractivity contribution in [2.45, 2.75) is 6.04 Å². The molecule has 5 aromatic heterocycles. The highest BCUT2D eigenvalue weighted by Gasteiger charge is 2.30. The van der Waals surface area contributed by atoms with Crippen LogP contribution in [0.4, 0.5) is 0 Å². The van der Waals surface area contributed by atoms with E-state index in [0.29, 0.717) is 0 Å². The van der Waals surface area contributed by atoms with E-state index in [1.54, 1.807) is 0 Å². The summed E-state index contributed by atoms with van der Waals surface area (Å²) in [6.45, 7) is 0. The summed E-state index contributed by atoms with van der Waals surface area (Å²) in [6.07, 6.45) is 10.7. The van der Waals surface area contributed by atoms with Crippen LogP contribution in [0.3, 0.4) is 0 Å². The first-order chi connectivity index (χ1) is 19.3. The second-order valence-electron chi connectivity index (χ2n) is 10.7. The standard InChI is InChI=1S/C33H20N6/c1-2-17-4-6-25-29-23-8-10-35-27(23)14-19-12-21(37-31(19)29)15-20-11-18-13-26-22(7-9-34-26)28(30(18)36-20)24-5-3-16(1)32(38-24)33(17)39-25/h1-15,30,34-37H. The second kappa shape index (κ2) is 6.74. The van der Waals surface area contributed by atoms with E-state index in [0.717, 1.165) is 77.3 Å². The van der Waals surface area contributed by atoms with Crippen LogP contribution in [0.25, 0.3) is 72.6 Å². The van der Waals surface area contributed by atoms with Gasteiger partial charge in [0.1, 0.15) is 0 Å². The lowest BCUT2D eigenvalue weighted by atomic mass is 9.91. The summed E-state index contributed by atoms with van der Waals surface area (Å²) in [6, 6.07) is 21.7. The van der Waals surface area contributed by atoms with Crippen LogP contribution in [0.1, 0.15) is 11.4 Å². The van der Waals surface area contributed by atoms with Gasteiger partial charge in [0.25, 0.3) is 0 Å². The van der Waals surface area contributed by atoms with Crippen LogP contribution in [0.2, 0.25) is 0 Å². The maximum atomic E-state index is 5.32. The van der Waals surface area contributed by atoms with Crippen molar-refractivity contribution in [2.24, 2.45) is 0 Å². The van der Waals surface area contributed by atoms with E-state index in [2.05, 4.69) is 99.2 Å². The van der Waals surface area contributed by atoms with Crippen molar-refractivity contribution in [2.75, 3.05) is 0 Å². The van der Waals surface area contributed by atoms with E-state index in [-0.39, 0.29) is 6.04 Å². The first kappa shape index (κ1) is 19.7. The fourth-order valence-electron chi connectivity index (χ4n) is 6.74. The summed E-state index contributed by atoms with van der Waals surface area (Å²) in [5.74, 6) is 0. The van der Waals surface area contributed by atoms with Crippen LogP contribution in [0.5, 0.6) is 0 Å². The lowest BCUT2D eigenvalue weighted by molar-refractivity contribution is 0.836. The minimum atomic E-state index is 0.0196. The van der Waals surface area contributed by atoms with Crippen molar-refractivity contribution in [1.82, 2.24) is 30.2 Å². The average molecular weight is 501 g/mol. The maximum Gasteiger partial charge on any atom is 0.0972 e. The number of benzene rings is 2. The molecule has 1 unspecified atom stereocenters. The molecule has 182 valence electrons. The van der Waals surface area contributed by atoms with Crippen molar-refractivity contribution in [3.8, 4) is 11.3 Å². The molecule has 8 bridgehead atoms. The molecule has 6 nitrogen and oxygen atoms in total. The van der Waals surface area contributed by atoms with Crippen LogP contribution in [0, 0.1) is 0 Å². The SMILES string of the molecule is C1=C2C=C3C=c4[nH]ccc4=C(c4ccc5ccc6ccc(nc6c5n4)-c4c5cc[nH]c5cc5cc1[nH]c45)C3N2. The van der Waals surface area contributed by atoms with E-state index in [1.807, 2.05) is 12.4 Å². The van der Waals surface area contributed by atoms with Crippen molar-refractivity contribution in [1.29, 1.82) is 0 Å². The van der Waals surface area contributed by atoms with E-state index >= 15 is 0 Å². The Morgan fingerprint density at radius 3 is 2.38 bits per heavy atom. The molecule has 1 atom stereocenters. The number of pyridine rings is 2. The number of nitrogens with one attached hydrogen (secondary N) is 4. The number of rotatable bonds is 0. The zero-order chi connectivity index (χ0) is 25.2. The van der Waals surface area contributed by atoms with Gasteiger partial charge in [-0.15, -0.1) is 0 Å². The van der Waals surface area contributed by atoms with Crippen molar-refractivity contribution >= 4 is 61.3 Å². The lowest BCUT2D eigenvalue weighted by Crippen LogP contribution is -2.39. The number of nitrogens with zero attached hydrogens (tertiary/aromatic N) is 2. The van der Waals surface area contributed by atoms with E-state index in [9.17, 15) is 0 Å². The van der Waals surface area contributed by atoms with Gasteiger partial charge in [0.15, 0.2) is 0 Å². The molecule has 39 heavy (non-hydrogen) atoms. The summed E-state index contributed by atoms with van der Waals surface area (Å²) in [5.41, 5.74) is 11.5. The Hall–Kier alpha value is -5.36. The zero-order valence-corrected chi connectivity index (χ0v) is 20.6. The quantitative estimate of drug-likeness (QED) is 0.222. The van der Waals surface area contributed by atoms with Gasteiger partial charge in [-0.1, -0.05) is 24.3 Å². The van der Waals surface area contributed by atoms with Crippen molar-refractivity contribution in [3.63, 3.8) is 0 Å². The molecule has 0 spiro atoms. The number of allylic oxidation sites excluding steroid dienone is 1. The molecule has 0 radical (unpaired) electrons. The summed E-state index contributed by atoms with van der Waals surface area (Å²) < 4.78 is 0. The third kappa shape index (κ3) is 2.55. The van der Waals surface area contributed by atoms with Crippen molar-refractivity contribution in [3.05, 3.63) is 112 Å². The van der Waals surface area contributed by atoms with E-state index in [1.165, 1.54) is 16.4 Å². The molecule has 0 saturated carbocycles. The molecule has 2 aromatic carbocycles. The molecule has 0 saturated heterocycles. The topological polar surface area (TPSA) is 85.2 Å². The molecule has 10 rings (SSSR count). The van der Waals surface area contributed by atoms with Crippen LogP contribution in [-0.4, -0.2) is 31.0 Å². The van der Waals surface area contributed by atoms with E-state index < -0.39 is 0 Å². The Kier molecular flexibility index (Phi) is 3.41. The molecule has 4 N–H and O–H groups in total. The van der Waals surface area contributed by atoms with Crippen LogP contribution < -0.4 is 15.9 Å². The van der Waals surface area contributed by atoms with Gasteiger partial charge in [0, 0.05) is 72.6 Å². The Labute approximate surface area is 221 Å². The van der Waals surface area contributed by atoms with E-state index in [4.69, 9.17) is 9.97 Å². The van der Waals surface area contributed by atoms with Gasteiger partial charge in [-0.25, -0.2) is 9.97 Å². The van der Waals surface area contributed by atoms with Gasteiger partial charge < -0.3 is 20.3 Å². The third-order valence-corrected chi connectivity index (χ3v) is 8.47. The first-order valence-corrected chi connectivity index (χ1v) is 13.2. The second-order valence-corrected chi connectivity index (χ2v) is 10.7. The van der Waals surface area contributed by atoms with Gasteiger partial charge in [-0.3, -0.25) is 0 Å². The first-order valence-electron chi connectivity index (χ1n) is 13.2. The minimum absolute atomic E-state index is 0.0196. The highest BCUT2D eigenvalue weighted by molar-refractivity contribution is 6.12. The monoisotopic (exact) mass is 500 g/mol. The predicted octanol–water partition coefficient (Wildman–Crippen LogP) is 4.99. The molecule has 0 amide bonds. The smallest absolute Gasteiger partial charge is 0.0972 e. The number of aromatic nitrogens is 5. The molecule has 3 aliphatic rings. The van der Waals surface area contributed by atoms with Gasteiger partial charge in [-0.2, -0.15) is 0 Å². The van der Waals surface area contributed by atoms with Crippen LogP contribution in [0.15, 0.2) is 90.4 Å². The highest BCUT2D eigenvalue weighted by Crippen LogP contribution is 2.38. The van der Waals surface area contributed by atoms with Gasteiger partial charge >= 0.3 is 0 Å². The number of H-pyrrole nitrogens is 3. The van der Waals surface area contributed by atoms with Crippen LogP contribution in [-0.2, 0) is 0 Å². The fraction of sp³-hybridized carbons (Fsp3) is 0.0303. The Balaban J connectivity index is 1.42. The minimum Gasteiger partial charge on any atom is -0.374 e. The molecule has 0 fully saturated rings. The summed E-state index contributed by atoms with van der Waals surface area (Å²) in [5, 5.41) is 10.6. The Morgan fingerprint density at radius 1 is 0.692 bits per heavy atom. The molecule has 7 aromatic rings. The predicted molar refractivity (Wildman–Crippen MR) is 156 cm³/mol. The molecular formula is C33H20N6. The van der Waals surface area contributed by atoms with Gasteiger partial charge in [-0.05, 0) is 60.2 Å². The lowest BCUT2D eigenvalue weighted by Gasteiger charge is -2.21. The molecule has 6 heteroatoms. The average Bonchev–Trinajstić information content (AvgIpc) is 3.75. The summed E-state index contributed by atoms with van der Waals surface area (Å²) in [4.78, 5) is 21.2. The van der Waals surface area contributed by atoms with Crippen molar-refractivity contribution < 1.29 is 0 Å². The maximum absolute atomic E-state index is 5.32. The highest BCUT2D eigenvalue weighted by atomic mass is 15.0. The third-order valence-electron chi connectivity index (χ3n) is 8.47. The Morgan fingerprint density at radius 2 is 1.49 bits per heavy atom.